The lowest BCUT2D eigenvalue weighted by Gasteiger charge is -2.33. The maximum Gasteiger partial charge on any atom is 0.246 e. The fraction of sp³-hybridized carbons (Fsp3) is 0.318. The standard InChI is InChI=1S/C22H23ClN4O4S/c1-26(15-20-24-21(25-31-20)16-7-5-9-18(23)13-16)22(28)17-8-6-12-27(14-17)32(29,30)19-10-3-2-4-11-19/h2-5,7,9-11,13,17H,6,8,12,14-15H2,1H3. The van der Waals surface area contributed by atoms with Gasteiger partial charge < -0.3 is 9.42 Å². The summed E-state index contributed by atoms with van der Waals surface area (Å²) in [7, 11) is -1.98. The van der Waals surface area contributed by atoms with Crippen LogP contribution in [0.4, 0.5) is 0 Å². The largest absolute Gasteiger partial charge is 0.337 e. The van der Waals surface area contributed by atoms with Crippen LogP contribution in [0.15, 0.2) is 64.0 Å². The Hall–Kier alpha value is -2.75. The highest BCUT2D eigenvalue weighted by Gasteiger charge is 2.34. The van der Waals surface area contributed by atoms with E-state index in [0.717, 1.165) is 5.56 Å². The van der Waals surface area contributed by atoms with Crippen LogP contribution in [0.2, 0.25) is 5.02 Å². The van der Waals surface area contributed by atoms with Crippen LogP contribution >= 0.6 is 11.6 Å². The second kappa shape index (κ2) is 9.40. The van der Waals surface area contributed by atoms with Crippen molar-refractivity contribution in [2.24, 2.45) is 5.92 Å². The normalized spacial score (nSPS) is 17.2. The highest BCUT2D eigenvalue weighted by atomic mass is 35.5. The van der Waals surface area contributed by atoms with Crippen molar-refractivity contribution in [2.45, 2.75) is 24.3 Å². The molecule has 168 valence electrons. The van der Waals surface area contributed by atoms with Gasteiger partial charge in [0.2, 0.25) is 27.6 Å². The number of amides is 1. The lowest BCUT2D eigenvalue weighted by Crippen LogP contribution is -2.45. The number of benzene rings is 2. The van der Waals surface area contributed by atoms with Crippen LogP contribution < -0.4 is 0 Å². The summed E-state index contributed by atoms with van der Waals surface area (Å²) < 4.78 is 32.6. The molecule has 1 saturated heterocycles. The predicted molar refractivity (Wildman–Crippen MR) is 119 cm³/mol. The molecule has 0 radical (unpaired) electrons. The number of carbonyl (C=O) groups excluding carboxylic acids is 1. The first-order valence-electron chi connectivity index (χ1n) is 10.2. The van der Waals surface area contributed by atoms with Crippen LogP contribution in [0.5, 0.6) is 0 Å². The van der Waals surface area contributed by atoms with Crippen LogP contribution in [-0.4, -0.2) is 53.8 Å². The van der Waals surface area contributed by atoms with E-state index in [4.69, 9.17) is 16.1 Å². The number of carbonyl (C=O) groups is 1. The molecule has 0 aliphatic carbocycles. The number of piperidine rings is 1. The number of nitrogens with zero attached hydrogens (tertiary/aromatic N) is 4. The van der Waals surface area contributed by atoms with Gasteiger partial charge in [0.05, 0.1) is 17.4 Å². The number of hydrogen-bond acceptors (Lipinski definition) is 6. The van der Waals surface area contributed by atoms with E-state index in [0.29, 0.717) is 36.1 Å². The van der Waals surface area contributed by atoms with E-state index in [1.807, 2.05) is 6.07 Å². The minimum absolute atomic E-state index is 0.133. The van der Waals surface area contributed by atoms with Crippen LogP contribution in [0.1, 0.15) is 18.7 Å². The molecule has 1 aliphatic heterocycles. The van der Waals surface area contributed by atoms with Crippen molar-refractivity contribution >= 4 is 27.5 Å². The molecule has 4 rings (SSSR count). The maximum atomic E-state index is 13.0. The quantitative estimate of drug-likeness (QED) is 0.542. The monoisotopic (exact) mass is 474 g/mol. The van der Waals surface area contributed by atoms with Gasteiger partial charge in [-0.3, -0.25) is 4.79 Å². The molecule has 1 aromatic heterocycles. The fourth-order valence-corrected chi connectivity index (χ4v) is 5.50. The first-order valence-corrected chi connectivity index (χ1v) is 12.0. The highest BCUT2D eigenvalue weighted by molar-refractivity contribution is 7.89. The second-order valence-electron chi connectivity index (χ2n) is 7.73. The smallest absolute Gasteiger partial charge is 0.246 e. The molecule has 2 aromatic carbocycles. The van der Waals surface area contributed by atoms with Crippen molar-refractivity contribution in [2.75, 3.05) is 20.1 Å². The van der Waals surface area contributed by atoms with Crippen molar-refractivity contribution in [3.63, 3.8) is 0 Å². The Morgan fingerprint density at radius 1 is 1.22 bits per heavy atom. The van der Waals surface area contributed by atoms with E-state index in [9.17, 15) is 13.2 Å². The summed E-state index contributed by atoms with van der Waals surface area (Å²) in [6.45, 7) is 0.684. The van der Waals surface area contributed by atoms with E-state index in [-0.39, 0.29) is 23.9 Å². The summed E-state index contributed by atoms with van der Waals surface area (Å²) in [6, 6.07) is 15.4. The van der Waals surface area contributed by atoms with Gasteiger partial charge in [-0.2, -0.15) is 9.29 Å². The third kappa shape index (κ3) is 4.85. The molecule has 0 N–H and O–H groups in total. The molecule has 1 fully saturated rings. The Labute approximate surface area is 191 Å². The fourth-order valence-electron chi connectivity index (χ4n) is 3.76. The van der Waals surface area contributed by atoms with Crippen LogP contribution in [0.3, 0.4) is 0 Å². The van der Waals surface area contributed by atoms with Gasteiger partial charge in [-0.1, -0.05) is 47.1 Å². The van der Waals surface area contributed by atoms with Gasteiger partial charge in [0.1, 0.15) is 0 Å². The molecule has 0 saturated carbocycles. The van der Waals surface area contributed by atoms with Gasteiger partial charge in [-0.05, 0) is 37.1 Å². The zero-order valence-electron chi connectivity index (χ0n) is 17.5. The zero-order chi connectivity index (χ0) is 22.7. The average molecular weight is 475 g/mol. The second-order valence-corrected chi connectivity index (χ2v) is 10.1. The van der Waals surface area contributed by atoms with E-state index < -0.39 is 15.9 Å². The summed E-state index contributed by atoms with van der Waals surface area (Å²) in [5.74, 6) is 0.101. The Morgan fingerprint density at radius 3 is 2.75 bits per heavy atom. The molecule has 1 unspecified atom stereocenters. The Morgan fingerprint density at radius 2 is 2.00 bits per heavy atom. The van der Waals surface area contributed by atoms with E-state index in [2.05, 4.69) is 10.1 Å². The summed E-state index contributed by atoms with van der Waals surface area (Å²) in [6.07, 6.45) is 1.25. The lowest BCUT2D eigenvalue weighted by atomic mass is 9.98. The Kier molecular flexibility index (Phi) is 6.59. The van der Waals surface area contributed by atoms with E-state index in [1.54, 1.807) is 55.6 Å². The molecule has 0 bridgehead atoms. The first kappa shape index (κ1) is 22.4. The lowest BCUT2D eigenvalue weighted by molar-refractivity contribution is -0.136. The van der Waals surface area contributed by atoms with Crippen molar-refractivity contribution in [1.82, 2.24) is 19.3 Å². The summed E-state index contributed by atoms with van der Waals surface area (Å²) in [5, 5.41) is 4.52. The topological polar surface area (TPSA) is 96.6 Å². The van der Waals surface area contributed by atoms with Crippen LogP contribution in [0.25, 0.3) is 11.4 Å². The van der Waals surface area contributed by atoms with Gasteiger partial charge in [-0.15, -0.1) is 0 Å². The molecule has 1 aliphatic rings. The van der Waals surface area contributed by atoms with E-state index in [1.165, 1.54) is 9.21 Å². The number of aromatic nitrogens is 2. The minimum atomic E-state index is -3.63. The van der Waals surface area contributed by atoms with Gasteiger partial charge in [0.15, 0.2) is 0 Å². The number of sulfonamides is 1. The van der Waals surface area contributed by atoms with Gasteiger partial charge in [-0.25, -0.2) is 8.42 Å². The van der Waals surface area contributed by atoms with Crippen molar-refractivity contribution in [3.05, 3.63) is 65.5 Å². The number of rotatable bonds is 6. The average Bonchev–Trinajstić information content (AvgIpc) is 3.28. The van der Waals surface area contributed by atoms with Crippen LogP contribution in [0, 0.1) is 5.92 Å². The first-order chi connectivity index (χ1) is 15.3. The molecule has 2 heterocycles. The van der Waals surface area contributed by atoms with Crippen molar-refractivity contribution in [3.8, 4) is 11.4 Å². The molecule has 0 spiro atoms. The minimum Gasteiger partial charge on any atom is -0.337 e. The van der Waals surface area contributed by atoms with E-state index >= 15 is 0 Å². The number of hydrogen-bond donors (Lipinski definition) is 0. The molecule has 8 nitrogen and oxygen atoms in total. The number of halogens is 1. The zero-order valence-corrected chi connectivity index (χ0v) is 19.1. The molecular weight excluding hydrogens is 452 g/mol. The summed E-state index contributed by atoms with van der Waals surface area (Å²) in [4.78, 5) is 19.1. The maximum absolute atomic E-state index is 13.0. The summed E-state index contributed by atoms with van der Waals surface area (Å²) >= 11 is 6.01. The molecule has 32 heavy (non-hydrogen) atoms. The SMILES string of the molecule is CN(Cc1nc(-c2cccc(Cl)c2)no1)C(=O)C1CCCN(S(=O)(=O)c2ccccc2)C1. The molecular formula is C22H23ClN4O4S. The molecule has 1 amide bonds. The molecule has 3 aromatic rings. The summed E-state index contributed by atoms with van der Waals surface area (Å²) in [5.41, 5.74) is 0.718. The van der Waals surface area contributed by atoms with Gasteiger partial charge in [0, 0.05) is 30.7 Å². The van der Waals surface area contributed by atoms with Gasteiger partial charge >= 0.3 is 0 Å². The van der Waals surface area contributed by atoms with Crippen molar-refractivity contribution < 1.29 is 17.7 Å². The third-order valence-electron chi connectivity index (χ3n) is 5.41. The third-order valence-corrected chi connectivity index (χ3v) is 7.53. The predicted octanol–water partition coefficient (Wildman–Crippen LogP) is 3.45. The molecule has 1 atom stereocenters. The van der Waals surface area contributed by atoms with Crippen LogP contribution in [-0.2, 0) is 21.4 Å². The highest BCUT2D eigenvalue weighted by Crippen LogP contribution is 2.25. The van der Waals surface area contributed by atoms with Gasteiger partial charge in [0.25, 0.3) is 0 Å². The Bertz CT molecular complexity index is 1200. The molecule has 10 heteroatoms. The van der Waals surface area contributed by atoms with Crippen molar-refractivity contribution in [1.29, 1.82) is 0 Å². The Balaban J connectivity index is 1.42.